The molecule has 122 valence electrons. The maximum atomic E-state index is 11.7. The average molecular weight is 342 g/mol. The first-order chi connectivity index (χ1) is 10.1. The van der Waals surface area contributed by atoms with E-state index in [-0.39, 0.29) is 17.3 Å². The SMILES string of the molecule is CN(Cc1ccc2c(c1)sc(=O)n2C)C1CCCNCC1.Cl. The number of thiazole rings is 1. The van der Waals surface area contributed by atoms with Crippen LogP contribution in [0, 0.1) is 0 Å². The summed E-state index contributed by atoms with van der Waals surface area (Å²) in [5, 5.41) is 3.47. The van der Waals surface area contributed by atoms with E-state index >= 15 is 0 Å². The molecular formula is C16H24ClN3OS. The van der Waals surface area contributed by atoms with Gasteiger partial charge in [0.1, 0.15) is 0 Å². The third-order valence-electron chi connectivity index (χ3n) is 4.46. The topological polar surface area (TPSA) is 37.3 Å². The monoisotopic (exact) mass is 341 g/mol. The predicted molar refractivity (Wildman–Crippen MR) is 96.3 cm³/mol. The van der Waals surface area contributed by atoms with Crippen LogP contribution in [0.1, 0.15) is 24.8 Å². The Bertz CT molecular complexity index is 674. The lowest BCUT2D eigenvalue weighted by molar-refractivity contribution is 0.216. The molecule has 1 aliphatic rings. The van der Waals surface area contributed by atoms with E-state index < -0.39 is 0 Å². The van der Waals surface area contributed by atoms with Crippen LogP contribution in [-0.2, 0) is 13.6 Å². The molecule has 0 bridgehead atoms. The normalized spacial score (nSPS) is 19.1. The first-order valence-electron chi connectivity index (χ1n) is 7.64. The van der Waals surface area contributed by atoms with E-state index in [0.717, 1.165) is 29.9 Å². The molecular weight excluding hydrogens is 318 g/mol. The van der Waals surface area contributed by atoms with Gasteiger partial charge in [-0.25, -0.2) is 0 Å². The number of aryl methyl sites for hydroxylation is 1. The summed E-state index contributed by atoms with van der Waals surface area (Å²) >= 11 is 1.34. The van der Waals surface area contributed by atoms with Crippen LogP contribution in [0.15, 0.2) is 23.0 Å². The Morgan fingerprint density at radius 1 is 1.36 bits per heavy atom. The van der Waals surface area contributed by atoms with E-state index in [1.807, 2.05) is 7.05 Å². The Labute approximate surface area is 141 Å². The zero-order valence-corrected chi connectivity index (χ0v) is 14.8. The minimum Gasteiger partial charge on any atom is -0.317 e. The van der Waals surface area contributed by atoms with Gasteiger partial charge in [-0.05, 0) is 57.1 Å². The third-order valence-corrected chi connectivity index (χ3v) is 5.45. The number of aromatic nitrogens is 1. The van der Waals surface area contributed by atoms with E-state index in [2.05, 4.69) is 35.5 Å². The van der Waals surface area contributed by atoms with Crippen LogP contribution in [0.5, 0.6) is 0 Å². The van der Waals surface area contributed by atoms with Gasteiger partial charge in [-0.2, -0.15) is 0 Å². The van der Waals surface area contributed by atoms with Crippen LogP contribution in [0.2, 0.25) is 0 Å². The lowest BCUT2D eigenvalue weighted by Crippen LogP contribution is -2.31. The van der Waals surface area contributed by atoms with Gasteiger partial charge in [0.15, 0.2) is 0 Å². The van der Waals surface area contributed by atoms with Gasteiger partial charge in [0.05, 0.1) is 10.2 Å². The van der Waals surface area contributed by atoms with Gasteiger partial charge in [-0.15, -0.1) is 12.4 Å². The second-order valence-electron chi connectivity index (χ2n) is 5.98. The minimum absolute atomic E-state index is 0. The van der Waals surface area contributed by atoms with Gasteiger partial charge in [0.2, 0.25) is 0 Å². The van der Waals surface area contributed by atoms with Crippen molar-refractivity contribution in [3.8, 4) is 0 Å². The fourth-order valence-corrected chi connectivity index (χ4v) is 4.08. The molecule has 0 amide bonds. The molecule has 1 aromatic carbocycles. The number of halogens is 1. The number of hydrogen-bond donors (Lipinski definition) is 1. The predicted octanol–water partition coefficient (Wildman–Crippen LogP) is 2.60. The quantitative estimate of drug-likeness (QED) is 0.932. The molecule has 3 rings (SSSR count). The fraction of sp³-hybridized carbons (Fsp3) is 0.562. The fourth-order valence-electron chi connectivity index (χ4n) is 3.14. The summed E-state index contributed by atoms with van der Waals surface area (Å²) in [7, 11) is 4.05. The van der Waals surface area contributed by atoms with Crippen molar-refractivity contribution in [2.24, 2.45) is 7.05 Å². The summed E-state index contributed by atoms with van der Waals surface area (Å²) in [5.74, 6) is 0. The summed E-state index contributed by atoms with van der Waals surface area (Å²) in [6.45, 7) is 3.22. The summed E-state index contributed by atoms with van der Waals surface area (Å²) < 4.78 is 2.82. The van der Waals surface area contributed by atoms with Crippen LogP contribution in [0.25, 0.3) is 10.2 Å². The maximum absolute atomic E-state index is 11.7. The largest absolute Gasteiger partial charge is 0.317 e. The van der Waals surface area contributed by atoms with Gasteiger partial charge >= 0.3 is 4.87 Å². The van der Waals surface area contributed by atoms with Crippen LogP contribution in [-0.4, -0.2) is 35.6 Å². The van der Waals surface area contributed by atoms with E-state index in [0.29, 0.717) is 6.04 Å². The van der Waals surface area contributed by atoms with Gasteiger partial charge in [0, 0.05) is 19.6 Å². The molecule has 0 radical (unpaired) electrons. The maximum Gasteiger partial charge on any atom is 0.307 e. The highest BCUT2D eigenvalue weighted by molar-refractivity contribution is 7.16. The summed E-state index contributed by atoms with van der Waals surface area (Å²) in [5.41, 5.74) is 2.33. The van der Waals surface area contributed by atoms with Crippen LogP contribution < -0.4 is 10.2 Å². The molecule has 0 saturated carbocycles. The summed E-state index contributed by atoms with van der Waals surface area (Å²) in [6.07, 6.45) is 3.75. The highest BCUT2D eigenvalue weighted by Crippen LogP contribution is 2.21. The Balaban J connectivity index is 0.00000176. The molecule has 2 heterocycles. The van der Waals surface area contributed by atoms with Crippen molar-refractivity contribution in [2.45, 2.75) is 31.8 Å². The molecule has 1 unspecified atom stereocenters. The van der Waals surface area contributed by atoms with Crippen molar-refractivity contribution in [1.29, 1.82) is 0 Å². The molecule has 6 heteroatoms. The van der Waals surface area contributed by atoms with Crippen LogP contribution in [0.3, 0.4) is 0 Å². The molecule has 1 atom stereocenters. The van der Waals surface area contributed by atoms with Gasteiger partial charge in [-0.1, -0.05) is 17.4 Å². The molecule has 1 N–H and O–H groups in total. The van der Waals surface area contributed by atoms with E-state index in [9.17, 15) is 4.79 Å². The van der Waals surface area contributed by atoms with Crippen molar-refractivity contribution < 1.29 is 0 Å². The number of hydrogen-bond acceptors (Lipinski definition) is 4. The molecule has 0 aliphatic carbocycles. The molecule has 0 spiro atoms. The van der Waals surface area contributed by atoms with Crippen molar-refractivity contribution >= 4 is 34.0 Å². The minimum atomic E-state index is 0. The highest BCUT2D eigenvalue weighted by atomic mass is 35.5. The zero-order chi connectivity index (χ0) is 14.8. The van der Waals surface area contributed by atoms with Crippen LogP contribution >= 0.6 is 23.7 Å². The third kappa shape index (κ3) is 3.71. The Morgan fingerprint density at radius 2 is 2.18 bits per heavy atom. The number of benzene rings is 1. The first-order valence-corrected chi connectivity index (χ1v) is 8.46. The highest BCUT2D eigenvalue weighted by Gasteiger charge is 2.17. The smallest absolute Gasteiger partial charge is 0.307 e. The lowest BCUT2D eigenvalue weighted by Gasteiger charge is -2.26. The summed E-state index contributed by atoms with van der Waals surface area (Å²) in [6, 6.07) is 7.06. The Morgan fingerprint density at radius 3 is 3.00 bits per heavy atom. The van der Waals surface area contributed by atoms with Gasteiger partial charge in [0.25, 0.3) is 0 Å². The molecule has 4 nitrogen and oxygen atoms in total. The van der Waals surface area contributed by atoms with Crippen molar-refractivity contribution in [2.75, 3.05) is 20.1 Å². The second kappa shape index (κ2) is 7.59. The molecule has 22 heavy (non-hydrogen) atoms. The van der Waals surface area contributed by atoms with E-state index in [1.165, 1.54) is 36.2 Å². The number of fused-ring (bicyclic) bond motifs is 1. The average Bonchev–Trinajstić information content (AvgIpc) is 2.68. The van der Waals surface area contributed by atoms with E-state index in [4.69, 9.17) is 0 Å². The first kappa shape index (κ1) is 17.5. The van der Waals surface area contributed by atoms with E-state index in [1.54, 1.807) is 4.57 Å². The standard InChI is InChI=1S/C16H23N3OS.ClH/c1-18(13-4-3-8-17-9-7-13)11-12-5-6-14-15(10-12)21-16(20)19(14)2;/h5-6,10,13,17H,3-4,7-9,11H2,1-2H3;1H. The van der Waals surface area contributed by atoms with Crippen LogP contribution in [0.4, 0.5) is 0 Å². The van der Waals surface area contributed by atoms with Crippen molar-refractivity contribution in [3.05, 3.63) is 33.4 Å². The lowest BCUT2D eigenvalue weighted by atomic mass is 10.1. The van der Waals surface area contributed by atoms with Crippen molar-refractivity contribution in [3.63, 3.8) is 0 Å². The van der Waals surface area contributed by atoms with Crippen molar-refractivity contribution in [1.82, 2.24) is 14.8 Å². The molecule has 2 aromatic rings. The molecule has 1 aromatic heterocycles. The zero-order valence-electron chi connectivity index (χ0n) is 13.2. The van der Waals surface area contributed by atoms with Gasteiger partial charge < -0.3 is 9.88 Å². The Kier molecular flexibility index (Phi) is 6.03. The number of nitrogens with zero attached hydrogens (tertiary/aromatic N) is 2. The number of nitrogens with one attached hydrogen (secondary N) is 1. The molecule has 1 aliphatic heterocycles. The molecule has 1 saturated heterocycles. The van der Waals surface area contributed by atoms with Gasteiger partial charge in [-0.3, -0.25) is 9.69 Å². The molecule has 1 fully saturated rings. The second-order valence-corrected chi connectivity index (χ2v) is 6.97. The Hall–Kier alpha value is -0.880. The number of rotatable bonds is 3. The summed E-state index contributed by atoms with van der Waals surface area (Å²) in [4.78, 5) is 14.3.